The van der Waals surface area contributed by atoms with Gasteiger partial charge in [0.05, 0.1) is 12.0 Å². The lowest BCUT2D eigenvalue weighted by molar-refractivity contribution is 0.414. The minimum absolute atomic E-state index is 0.226. The number of halogens is 1. The number of methoxy groups -OCH3 is 1. The van der Waals surface area contributed by atoms with Gasteiger partial charge in [-0.2, -0.15) is 0 Å². The summed E-state index contributed by atoms with van der Waals surface area (Å²) in [5.74, 6) is 0.779. The van der Waals surface area contributed by atoms with Gasteiger partial charge in [-0.3, -0.25) is 0 Å². The summed E-state index contributed by atoms with van der Waals surface area (Å²) >= 11 is 5.91. The third kappa shape index (κ3) is 4.22. The number of sulfonamides is 1. The number of ether oxygens (including phenoxy) is 1. The molecule has 0 saturated carbocycles. The van der Waals surface area contributed by atoms with Gasteiger partial charge in [0.1, 0.15) is 5.75 Å². The Morgan fingerprint density at radius 1 is 1.14 bits per heavy atom. The zero-order valence-corrected chi connectivity index (χ0v) is 14.0. The normalized spacial score (nSPS) is 11.4. The van der Waals surface area contributed by atoms with E-state index >= 15 is 0 Å². The Morgan fingerprint density at radius 2 is 1.82 bits per heavy atom. The third-order valence-corrected chi connectivity index (χ3v) is 5.19. The monoisotopic (exact) mass is 339 g/mol. The van der Waals surface area contributed by atoms with Gasteiger partial charge in [0.15, 0.2) is 0 Å². The van der Waals surface area contributed by atoms with Crippen LogP contribution in [0.25, 0.3) is 0 Å². The number of hydrogen-bond donors (Lipinski definition) is 1. The lowest BCUT2D eigenvalue weighted by Gasteiger charge is -2.08. The van der Waals surface area contributed by atoms with Crippen LogP contribution in [0.5, 0.6) is 5.75 Å². The van der Waals surface area contributed by atoms with Crippen LogP contribution < -0.4 is 9.46 Å². The molecule has 0 saturated heterocycles. The van der Waals surface area contributed by atoms with Crippen LogP contribution in [0, 0.1) is 6.92 Å². The van der Waals surface area contributed by atoms with Crippen molar-refractivity contribution >= 4 is 21.6 Å². The maximum absolute atomic E-state index is 12.2. The molecule has 0 unspecified atom stereocenters. The first-order valence-electron chi connectivity index (χ1n) is 6.81. The SMILES string of the molecule is COc1ccc(CCNS(=O)(=O)c2ccc(Cl)c(C)c2)cc1. The van der Waals surface area contributed by atoms with Crippen molar-refractivity contribution in [3.8, 4) is 5.75 Å². The van der Waals surface area contributed by atoms with E-state index in [0.717, 1.165) is 16.9 Å². The van der Waals surface area contributed by atoms with E-state index in [1.165, 1.54) is 6.07 Å². The summed E-state index contributed by atoms with van der Waals surface area (Å²) in [5, 5.41) is 0.553. The molecule has 0 radical (unpaired) electrons. The largest absolute Gasteiger partial charge is 0.497 e. The van der Waals surface area contributed by atoms with Gasteiger partial charge in [-0.1, -0.05) is 23.7 Å². The molecule has 2 aromatic rings. The second-order valence-corrected chi connectivity index (χ2v) is 7.08. The molecule has 0 bridgehead atoms. The standard InChI is InChI=1S/C16H18ClNO3S/c1-12-11-15(7-8-16(12)17)22(19,20)18-10-9-13-3-5-14(21-2)6-4-13/h3-8,11,18H,9-10H2,1-2H3. The van der Waals surface area contributed by atoms with Gasteiger partial charge in [-0.25, -0.2) is 13.1 Å². The van der Waals surface area contributed by atoms with Gasteiger partial charge < -0.3 is 4.74 Å². The number of rotatable bonds is 6. The summed E-state index contributed by atoms with van der Waals surface area (Å²) in [6.45, 7) is 2.11. The summed E-state index contributed by atoms with van der Waals surface area (Å²) < 4.78 is 32.1. The smallest absolute Gasteiger partial charge is 0.240 e. The highest BCUT2D eigenvalue weighted by Gasteiger charge is 2.14. The Balaban J connectivity index is 1.98. The molecule has 0 aliphatic rings. The molecule has 118 valence electrons. The van der Waals surface area contributed by atoms with Gasteiger partial charge in [-0.15, -0.1) is 0 Å². The molecule has 22 heavy (non-hydrogen) atoms. The highest BCUT2D eigenvalue weighted by molar-refractivity contribution is 7.89. The van der Waals surface area contributed by atoms with Crippen molar-refractivity contribution in [1.82, 2.24) is 4.72 Å². The van der Waals surface area contributed by atoms with Gasteiger partial charge >= 0.3 is 0 Å². The van der Waals surface area contributed by atoms with Crippen LogP contribution >= 0.6 is 11.6 Å². The fourth-order valence-electron chi connectivity index (χ4n) is 1.99. The number of aryl methyl sites for hydroxylation is 1. The lowest BCUT2D eigenvalue weighted by atomic mass is 10.1. The maximum atomic E-state index is 12.2. The fraction of sp³-hybridized carbons (Fsp3) is 0.250. The van der Waals surface area contributed by atoms with Crippen molar-refractivity contribution in [2.45, 2.75) is 18.2 Å². The molecular formula is C16H18ClNO3S. The topological polar surface area (TPSA) is 55.4 Å². The Morgan fingerprint density at radius 3 is 2.41 bits per heavy atom. The van der Waals surface area contributed by atoms with Gasteiger partial charge in [-0.05, 0) is 54.8 Å². The van der Waals surface area contributed by atoms with E-state index in [2.05, 4.69) is 4.72 Å². The summed E-state index contributed by atoms with van der Waals surface area (Å²) in [5.41, 5.74) is 1.77. The predicted molar refractivity (Wildman–Crippen MR) is 88.1 cm³/mol. The highest BCUT2D eigenvalue weighted by atomic mass is 35.5. The highest BCUT2D eigenvalue weighted by Crippen LogP contribution is 2.19. The van der Waals surface area contributed by atoms with Crippen LogP contribution in [0.4, 0.5) is 0 Å². The quantitative estimate of drug-likeness (QED) is 0.879. The van der Waals surface area contributed by atoms with Gasteiger partial charge in [0.25, 0.3) is 0 Å². The first kappa shape index (κ1) is 16.8. The number of benzene rings is 2. The summed E-state index contributed by atoms with van der Waals surface area (Å²) in [4.78, 5) is 0.226. The molecule has 0 aliphatic carbocycles. The molecule has 6 heteroatoms. The Hall–Kier alpha value is -1.56. The molecule has 0 atom stereocenters. The minimum Gasteiger partial charge on any atom is -0.497 e. The van der Waals surface area contributed by atoms with Crippen molar-refractivity contribution < 1.29 is 13.2 Å². The lowest BCUT2D eigenvalue weighted by Crippen LogP contribution is -2.26. The fourth-order valence-corrected chi connectivity index (χ4v) is 3.22. The molecule has 1 N–H and O–H groups in total. The zero-order chi connectivity index (χ0) is 16.2. The van der Waals surface area contributed by atoms with Gasteiger partial charge in [0, 0.05) is 11.6 Å². The van der Waals surface area contributed by atoms with Gasteiger partial charge in [0.2, 0.25) is 10.0 Å². The van der Waals surface area contributed by atoms with Crippen LogP contribution in [-0.2, 0) is 16.4 Å². The molecule has 4 nitrogen and oxygen atoms in total. The minimum atomic E-state index is -3.52. The second-order valence-electron chi connectivity index (χ2n) is 4.91. The van der Waals surface area contributed by atoms with Crippen molar-refractivity contribution in [1.29, 1.82) is 0 Å². The van der Waals surface area contributed by atoms with Crippen LogP contribution in [0.15, 0.2) is 47.4 Å². The van der Waals surface area contributed by atoms with Crippen LogP contribution in [0.1, 0.15) is 11.1 Å². The first-order chi connectivity index (χ1) is 10.4. The summed E-state index contributed by atoms with van der Waals surface area (Å²) in [6.07, 6.45) is 0.607. The van der Waals surface area contributed by atoms with Crippen molar-refractivity contribution in [2.24, 2.45) is 0 Å². The van der Waals surface area contributed by atoms with E-state index in [0.29, 0.717) is 18.0 Å². The molecule has 0 aromatic heterocycles. The van der Waals surface area contributed by atoms with E-state index in [1.54, 1.807) is 26.2 Å². The molecule has 0 amide bonds. The molecule has 0 fully saturated rings. The Bertz CT molecular complexity index is 742. The van der Waals surface area contributed by atoms with Crippen molar-refractivity contribution in [2.75, 3.05) is 13.7 Å². The van der Waals surface area contributed by atoms with Crippen molar-refractivity contribution in [3.63, 3.8) is 0 Å². The second kappa shape index (κ2) is 7.13. The van der Waals surface area contributed by atoms with E-state index in [9.17, 15) is 8.42 Å². The predicted octanol–water partition coefficient (Wildman–Crippen LogP) is 3.18. The van der Waals surface area contributed by atoms with Crippen LogP contribution in [-0.4, -0.2) is 22.1 Å². The Kier molecular flexibility index (Phi) is 5.45. The first-order valence-corrected chi connectivity index (χ1v) is 8.67. The number of hydrogen-bond acceptors (Lipinski definition) is 3. The molecule has 2 aromatic carbocycles. The van der Waals surface area contributed by atoms with E-state index in [-0.39, 0.29) is 4.90 Å². The van der Waals surface area contributed by atoms with Crippen LogP contribution in [0.2, 0.25) is 5.02 Å². The molecule has 2 rings (SSSR count). The third-order valence-electron chi connectivity index (χ3n) is 3.30. The summed E-state index contributed by atoms with van der Waals surface area (Å²) in [6, 6.07) is 12.2. The van der Waals surface area contributed by atoms with Crippen LogP contribution in [0.3, 0.4) is 0 Å². The van der Waals surface area contributed by atoms with E-state index in [1.807, 2.05) is 24.3 Å². The Labute approximate surface area is 136 Å². The average Bonchev–Trinajstić information content (AvgIpc) is 2.50. The molecular weight excluding hydrogens is 322 g/mol. The molecule has 0 spiro atoms. The van der Waals surface area contributed by atoms with E-state index in [4.69, 9.17) is 16.3 Å². The van der Waals surface area contributed by atoms with Crippen molar-refractivity contribution in [3.05, 3.63) is 58.6 Å². The van der Waals surface area contributed by atoms with E-state index < -0.39 is 10.0 Å². The molecule has 0 aliphatic heterocycles. The maximum Gasteiger partial charge on any atom is 0.240 e. The zero-order valence-electron chi connectivity index (χ0n) is 12.5. The summed E-state index contributed by atoms with van der Waals surface area (Å²) in [7, 11) is -1.91. The number of nitrogens with one attached hydrogen (secondary N) is 1. The molecule has 0 heterocycles. The average molecular weight is 340 g/mol.